The molecule has 1 heterocycles. The molecule has 0 aliphatic heterocycles. The number of sulfonamides is 1. The molecule has 7 nitrogen and oxygen atoms in total. The molecule has 1 aromatic carbocycles. The Balaban J connectivity index is 2.55. The van der Waals surface area contributed by atoms with Crippen LogP contribution in [0.1, 0.15) is 16.1 Å². The molecule has 0 bridgehead atoms. The summed E-state index contributed by atoms with van der Waals surface area (Å²) in [5.74, 6) is -0.307. The number of carbonyl (C=O) groups is 1. The van der Waals surface area contributed by atoms with Crippen molar-refractivity contribution in [2.24, 2.45) is 0 Å². The fourth-order valence-electron chi connectivity index (χ4n) is 2.12. The second kappa shape index (κ2) is 6.98. The summed E-state index contributed by atoms with van der Waals surface area (Å²) in [6, 6.07) is 8.25. The van der Waals surface area contributed by atoms with Gasteiger partial charge in [0.15, 0.2) is 0 Å². The largest absolute Gasteiger partial charge is 0.355 e. The van der Waals surface area contributed by atoms with Crippen LogP contribution in [-0.4, -0.2) is 44.8 Å². The Morgan fingerprint density at radius 1 is 1.17 bits per heavy atom. The Hall–Kier alpha value is -2.45. The molecule has 0 aliphatic carbocycles. The van der Waals surface area contributed by atoms with Crippen molar-refractivity contribution >= 4 is 27.3 Å². The lowest BCUT2D eigenvalue weighted by Gasteiger charge is -2.17. The Bertz CT molecular complexity index is 863. The lowest BCUT2D eigenvalue weighted by Crippen LogP contribution is -2.23. The van der Waals surface area contributed by atoms with E-state index in [0.717, 1.165) is 4.31 Å². The van der Waals surface area contributed by atoms with Gasteiger partial charge in [0, 0.05) is 33.0 Å². The molecular weight excluding hydrogens is 328 g/mol. The van der Waals surface area contributed by atoms with E-state index in [-0.39, 0.29) is 10.8 Å². The number of hydrogen-bond donors (Lipinski definition) is 2. The van der Waals surface area contributed by atoms with Gasteiger partial charge in [0.25, 0.3) is 5.91 Å². The highest BCUT2D eigenvalue weighted by Crippen LogP contribution is 2.28. The molecule has 1 amide bonds. The number of nitrogens with zero attached hydrogens (tertiary/aromatic N) is 2. The van der Waals surface area contributed by atoms with E-state index in [0.29, 0.717) is 22.6 Å². The molecule has 0 aliphatic rings. The van der Waals surface area contributed by atoms with Crippen LogP contribution < -0.4 is 10.6 Å². The molecule has 0 unspecified atom stereocenters. The van der Waals surface area contributed by atoms with Crippen LogP contribution >= 0.6 is 0 Å². The predicted molar refractivity (Wildman–Crippen MR) is 93.0 cm³/mol. The molecule has 0 radical (unpaired) electrons. The summed E-state index contributed by atoms with van der Waals surface area (Å²) in [4.78, 5) is 16.3. The highest BCUT2D eigenvalue weighted by Gasteiger charge is 2.22. The van der Waals surface area contributed by atoms with Crippen LogP contribution in [0.25, 0.3) is 0 Å². The van der Waals surface area contributed by atoms with Crippen molar-refractivity contribution in [1.29, 1.82) is 0 Å². The molecule has 1 aromatic heterocycles. The summed E-state index contributed by atoms with van der Waals surface area (Å²) in [6.07, 6.45) is 1.46. The zero-order chi connectivity index (χ0) is 17.9. The molecule has 0 saturated heterocycles. The van der Waals surface area contributed by atoms with Gasteiger partial charge in [0.2, 0.25) is 10.0 Å². The normalized spacial score (nSPS) is 11.4. The number of anilines is 2. The van der Waals surface area contributed by atoms with Crippen LogP contribution in [-0.2, 0) is 10.0 Å². The van der Waals surface area contributed by atoms with Crippen LogP contribution in [0, 0.1) is 6.92 Å². The second-order valence-corrected chi connectivity index (χ2v) is 7.48. The fraction of sp³-hybridized carbons (Fsp3) is 0.250. The average molecular weight is 348 g/mol. The van der Waals surface area contributed by atoms with E-state index < -0.39 is 10.0 Å². The number of hydrogen-bond acceptors (Lipinski definition) is 5. The van der Waals surface area contributed by atoms with E-state index in [4.69, 9.17) is 0 Å². The van der Waals surface area contributed by atoms with Crippen LogP contribution in [0.5, 0.6) is 0 Å². The van der Waals surface area contributed by atoms with Crippen LogP contribution in [0.4, 0.5) is 11.4 Å². The van der Waals surface area contributed by atoms with Gasteiger partial charge in [0.05, 0.1) is 16.9 Å². The first-order chi connectivity index (χ1) is 11.3. The van der Waals surface area contributed by atoms with E-state index in [9.17, 15) is 13.2 Å². The highest BCUT2D eigenvalue weighted by molar-refractivity contribution is 7.89. The van der Waals surface area contributed by atoms with Gasteiger partial charge >= 0.3 is 0 Å². The summed E-state index contributed by atoms with van der Waals surface area (Å²) in [5, 5.41) is 5.60. The Morgan fingerprint density at radius 2 is 1.83 bits per heavy atom. The maximum atomic E-state index is 12.5. The molecule has 0 saturated carbocycles. The SMILES string of the molecule is CNC(=O)c1cnc(C)cc1Nc1ccccc1S(=O)(=O)N(C)C. The number of para-hydroxylation sites is 1. The summed E-state index contributed by atoms with van der Waals surface area (Å²) >= 11 is 0. The van der Waals surface area contributed by atoms with Crippen LogP contribution in [0.2, 0.25) is 0 Å². The van der Waals surface area contributed by atoms with Crippen molar-refractivity contribution in [1.82, 2.24) is 14.6 Å². The Labute approximate surface area is 141 Å². The Morgan fingerprint density at radius 3 is 2.46 bits per heavy atom. The van der Waals surface area contributed by atoms with E-state index >= 15 is 0 Å². The van der Waals surface area contributed by atoms with Gasteiger partial charge in [-0.15, -0.1) is 0 Å². The van der Waals surface area contributed by atoms with Crippen molar-refractivity contribution in [3.63, 3.8) is 0 Å². The first kappa shape index (κ1) is 17.9. The van der Waals surface area contributed by atoms with Crippen molar-refractivity contribution < 1.29 is 13.2 Å². The molecule has 2 aromatic rings. The molecule has 2 rings (SSSR count). The number of aryl methyl sites for hydroxylation is 1. The maximum Gasteiger partial charge on any atom is 0.254 e. The summed E-state index contributed by atoms with van der Waals surface area (Å²) in [7, 11) is 0.844. The van der Waals surface area contributed by atoms with Gasteiger partial charge in [-0.25, -0.2) is 12.7 Å². The molecule has 0 atom stereocenters. The maximum absolute atomic E-state index is 12.5. The smallest absolute Gasteiger partial charge is 0.254 e. The van der Waals surface area contributed by atoms with Gasteiger partial charge < -0.3 is 10.6 Å². The minimum absolute atomic E-state index is 0.132. The van der Waals surface area contributed by atoms with Gasteiger partial charge in [-0.1, -0.05) is 12.1 Å². The lowest BCUT2D eigenvalue weighted by atomic mass is 10.2. The molecule has 24 heavy (non-hydrogen) atoms. The molecular formula is C16H20N4O3S. The van der Waals surface area contributed by atoms with Crippen LogP contribution in [0.3, 0.4) is 0 Å². The quantitative estimate of drug-likeness (QED) is 0.859. The van der Waals surface area contributed by atoms with Gasteiger partial charge in [0.1, 0.15) is 4.90 Å². The topological polar surface area (TPSA) is 91.4 Å². The number of aromatic nitrogens is 1. The van der Waals surface area contributed by atoms with Gasteiger partial charge in [-0.3, -0.25) is 9.78 Å². The number of carbonyl (C=O) groups excluding carboxylic acids is 1. The van der Waals surface area contributed by atoms with E-state index in [1.165, 1.54) is 33.4 Å². The van der Waals surface area contributed by atoms with Crippen LogP contribution in [0.15, 0.2) is 41.4 Å². The fourth-order valence-corrected chi connectivity index (χ4v) is 3.16. The van der Waals surface area contributed by atoms with E-state index in [1.54, 1.807) is 31.2 Å². The van der Waals surface area contributed by atoms with Gasteiger partial charge in [-0.2, -0.15) is 0 Å². The van der Waals surface area contributed by atoms with Crippen molar-refractivity contribution in [2.75, 3.05) is 26.5 Å². The molecule has 0 spiro atoms. The number of amides is 1. The molecule has 128 valence electrons. The zero-order valence-electron chi connectivity index (χ0n) is 14.0. The van der Waals surface area contributed by atoms with Crippen molar-refractivity contribution in [3.8, 4) is 0 Å². The summed E-state index contributed by atoms with van der Waals surface area (Å²) in [5.41, 5.74) is 1.92. The van der Waals surface area contributed by atoms with Crippen molar-refractivity contribution in [3.05, 3.63) is 47.8 Å². The number of benzene rings is 1. The molecule has 2 N–H and O–H groups in total. The van der Waals surface area contributed by atoms with Gasteiger partial charge in [-0.05, 0) is 25.1 Å². The molecule has 0 fully saturated rings. The number of nitrogens with one attached hydrogen (secondary N) is 2. The summed E-state index contributed by atoms with van der Waals surface area (Å²) in [6.45, 7) is 1.79. The van der Waals surface area contributed by atoms with E-state index in [2.05, 4.69) is 15.6 Å². The molecule has 8 heteroatoms. The predicted octanol–water partition coefficient (Wildman–Crippen LogP) is 1.74. The lowest BCUT2D eigenvalue weighted by molar-refractivity contribution is 0.0963. The second-order valence-electron chi connectivity index (χ2n) is 5.36. The Kier molecular flexibility index (Phi) is 5.20. The third-order valence-electron chi connectivity index (χ3n) is 3.43. The first-order valence-electron chi connectivity index (χ1n) is 7.24. The third-order valence-corrected chi connectivity index (χ3v) is 5.30. The number of rotatable bonds is 5. The average Bonchev–Trinajstić information content (AvgIpc) is 2.54. The van der Waals surface area contributed by atoms with Crippen molar-refractivity contribution in [2.45, 2.75) is 11.8 Å². The zero-order valence-corrected chi connectivity index (χ0v) is 14.8. The highest BCUT2D eigenvalue weighted by atomic mass is 32.2. The minimum Gasteiger partial charge on any atom is -0.355 e. The standard InChI is InChI=1S/C16H20N4O3S/c1-11-9-14(12(10-18-11)16(21)17-2)19-13-7-5-6-8-15(13)24(22,23)20(3)4/h5-10H,1-4H3,(H,17,21)(H,18,19). The first-order valence-corrected chi connectivity index (χ1v) is 8.68. The monoisotopic (exact) mass is 348 g/mol. The van der Waals surface area contributed by atoms with E-state index in [1.807, 2.05) is 0 Å². The summed E-state index contributed by atoms with van der Waals surface area (Å²) < 4.78 is 26.1. The minimum atomic E-state index is -3.62. The third kappa shape index (κ3) is 3.55. The number of pyridine rings is 1.